The van der Waals surface area contributed by atoms with Gasteiger partial charge in [-0.2, -0.15) is 5.10 Å². The number of nitrogens with zero attached hydrogens (tertiary/aromatic N) is 3. The lowest BCUT2D eigenvalue weighted by atomic mass is 10.1. The third-order valence-electron chi connectivity index (χ3n) is 4.96. The lowest BCUT2D eigenvalue weighted by Crippen LogP contribution is -2.48. The van der Waals surface area contributed by atoms with Gasteiger partial charge in [0.25, 0.3) is 5.91 Å². The number of likely N-dealkylation sites (tertiary alicyclic amines) is 1. The van der Waals surface area contributed by atoms with E-state index in [4.69, 9.17) is 5.73 Å². The molecule has 1 aromatic heterocycles. The summed E-state index contributed by atoms with van der Waals surface area (Å²) in [6.07, 6.45) is 3.39. The number of rotatable bonds is 4. The number of hydrogen-bond donors (Lipinski definition) is 2. The number of aromatic amines is 1. The molecule has 2 heterocycles. The van der Waals surface area contributed by atoms with Gasteiger partial charge in [0.2, 0.25) is 5.91 Å². The van der Waals surface area contributed by atoms with Crippen LogP contribution < -0.4 is 5.73 Å². The molecule has 3 N–H and O–H groups in total. The lowest BCUT2D eigenvalue weighted by molar-refractivity contribution is -0.134. The summed E-state index contributed by atoms with van der Waals surface area (Å²) < 4.78 is 0. The van der Waals surface area contributed by atoms with Crippen molar-refractivity contribution in [2.24, 2.45) is 5.73 Å². The van der Waals surface area contributed by atoms with Crippen molar-refractivity contribution in [3.63, 3.8) is 0 Å². The van der Waals surface area contributed by atoms with Crippen LogP contribution in [0.1, 0.15) is 48.4 Å². The van der Waals surface area contributed by atoms with Crippen molar-refractivity contribution in [1.29, 1.82) is 0 Å². The van der Waals surface area contributed by atoms with Gasteiger partial charge in [-0.25, -0.2) is 0 Å². The van der Waals surface area contributed by atoms with Crippen LogP contribution in [0.3, 0.4) is 0 Å². The Balaban J connectivity index is 1.84. The van der Waals surface area contributed by atoms with Crippen LogP contribution in [0, 0.1) is 0 Å². The number of fused-ring (bicyclic) bond motifs is 1. The molecule has 1 fully saturated rings. The second kappa shape index (κ2) is 6.31. The molecule has 23 heavy (non-hydrogen) atoms. The van der Waals surface area contributed by atoms with Gasteiger partial charge in [0.05, 0.1) is 0 Å². The average molecular weight is 319 g/mol. The third kappa shape index (κ3) is 2.73. The van der Waals surface area contributed by atoms with E-state index in [2.05, 4.69) is 10.2 Å². The summed E-state index contributed by atoms with van der Waals surface area (Å²) in [5, 5.41) is 7.17. The van der Waals surface area contributed by atoms with Crippen molar-refractivity contribution in [1.82, 2.24) is 20.0 Å². The van der Waals surface area contributed by atoms with Gasteiger partial charge in [0.1, 0.15) is 6.04 Å². The van der Waals surface area contributed by atoms with Gasteiger partial charge in [-0.05, 0) is 39.5 Å². The highest BCUT2D eigenvalue weighted by Gasteiger charge is 2.41. The highest BCUT2D eigenvalue weighted by Crippen LogP contribution is 2.27. The molecule has 7 nitrogen and oxygen atoms in total. The topological polar surface area (TPSA) is 95.3 Å². The number of H-pyrrole nitrogens is 1. The Labute approximate surface area is 136 Å². The van der Waals surface area contributed by atoms with Gasteiger partial charge in [-0.1, -0.05) is 0 Å². The van der Waals surface area contributed by atoms with Crippen LogP contribution in [0.15, 0.2) is 0 Å². The normalized spacial score (nSPS) is 23.2. The fraction of sp³-hybridized carbons (Fsp3) is 0.688. The standard InChI is InChI=1S/C16H25N5O2/c1-3-20(4-2)15(22)13-8-10(17)9-21(13)16(23)14-11-6-5-7-12(11)18-19-14/h10,13H,3-9,17H2,1-2H3,(H,18,19)/t10-,13+/m1/s1. The van der Waals surface area contributed by atoms with E-state index in [0.717, 1.165) is 30.5 Å². The summed E-state index contributed by atoms with van der Waals surface area (Å²) in [5.41, 5.74) is 8.60. The molecule has 126 valence electrons. The fourth-order valence-corrected chi connectivity index (χ4v) is 3.71. The summed E-state index contributed by atoms with van der Waals surface area (Å²) in [6, 6.07) is -0.624. The Morgan fingerprint density at radius 3 is 2.78 bits per heavy atom. The first-order valence-electron chi connectivity index (χ1n) is 8.48. The maximum Gasteiger partial charge on any atom is 0.275 e. The summed E-state index contributed by atoms with van der Waals surface area (Å²) in [4.78, 5) is 29.1. The first kappa shape index (κ1) is 16.0. The average Bonchev–Trinajstić information content (AvgIpc) is 3.22. The maximum atomic E-state index is 12.9. The molecule has 3 rings (SSSR count). The number of aryl methyl sites for hydroxylation is 1. The number of nitrogens with one attached hydrogen (secondary N) is 1. The zero-order valence-corrected chi connectivity index (χ0v) is 13.8. The second-order valence-corrected chi connectivity index (χ2v) is 6.36. The van der Waals surface area contributed by atoms with Crippen LogP contribution >= 0.6 is 0 Å². The van der Waals surface area contributed by atoms with Gasteiger partial charge in [0.15, 0.2) is 5.69 Å². The number of likely N-dealkylation sites (N-methyl/N-ethyl adjacent to an activating group) is 1. The first-order chi connectivity index (χ1) is 11.1. The molecule has 2 amide bonds. The Kier molecular flexibility index (Phi) is 4.39. The van der Waals surface area contributed by atoms with Crippen molar-refractivity contribution < 1.29 is 9.59 Å². The van der Waals surface area contributed by atoms with Crippen LogP contribution in [-0.4, -0.2) is 63.5 Å². The molecule has 0 saturated carbocycles. The van der Waals surface area contributed by atoms with E-state index in [1.165, 1.54) is 0 Å². The molecule has 1 saturated heterocycles. The Bertz CT molecular complexity index is 608. The van der Waals surface area contributed by atoms with E-state index in [-0.39, 0.29) is 17.9 Å². The number of carbonyl (C=O) groups is 2. The smallest absolute Gasteiger partial charge is 0.275 e. The molecule has 0 radical (unpaired) electrons. The second-order valence-electron chi connectivity index (χ2n) is 6.36. The van der Waals surface area contributed by atoms with E-state index in [9.17, 15) is 9.59 Å². The van der Waals surface area contributed by atoms with Gasteiger partial charge in [0, 0.05) is 36.9 Å². The minimum Gasteiger partial charge on any atom is -0.341 e. The number of aromatic nitrogens is 2. The first-order valence-corrected chi connectivity index (χ1v) is 8.48. The van der Waals surface area contributed by atoms with Crippen molar-refractivity contribution in [2.45, 2.75) is 51.6 Å². The zero-order chi connectivity index (χ0) is 16.6. The third-order valence-corrected chi connectivity index (χ3v) is 4.96. The molecule has 1 aliphatic carbocycles. The number of nitrogens with two attached hydrogens (primary N) is 1. The quantitative estimate of drug-likeness (QED) is 0.835. The van der Waals surface area contributed by atoms with Crippen molar-refractivity contribution in [2.75, 3.05) is 19.6 Å². The predicted octanol–water partition coefficient (Wildman–Crippen LogP) is 0.309. The summed E-state index contributed by atoms with van der Waals surface area (Å²) in [5.74, 6) is -0.175. The van der Waals surface area contributed by atoms with Crippen LogP contribution in [0.5, 0.6) is 0 Å². The number of amides is 2. The molecular formula is C16H25N5O2. The molecule has 0 bridgehead atoms. The summed E-state index contributed by atoms with van der Waals surface area (Å²) in [6.45, 7) is 5.59. The largest absolute Gasteiger partial charge is 0.341 e. The Morgan fingerprint density at radius 2 is 2.09 bits per heavy atom. The van der Waals surface area contributed by atoms with Crippen LogP contribution in [-0.2, 0) is 17.6 Å². The molecule has 7 heteroatoms. The van der Waals surface area contributed by atoms with Gasteiger partial charge >= 0.3 is 0 Å². The molecule has 2 atom stereocenters. The van der Waals surface area contributed by atoms with E-state index < -0.39 is 6.04 Å². The van der Waals surface area contributed by atoms with Gasteiger partial charge < -0.3 is 15.5 Å². The molecule has 0 unspecified atom stereocenters. The van der Waals surface area contributed by atoms with E-state index in [1.54, 1.807) is 9.80 Å². The summed E-state index contributed by atoms with van der Waals surface area (Å²) in [7, 11) is 0. The van der Waals surface area contributed by atoms with Crippen LogP contribution in [0.4, 0.5) is 0 Å². The minimum atomic E-state index is -0.467. The Hall–Kier alpha value is -1.89. The van der Waals surface area contributed by atoms with E-state index in [0.29, 0.717) is 31.7 Å². The molecular weight excluding hydrogens is 294 g/mol. The summed E-state index contributed by atoms with van der Waals surface area (Å²) >= 11 is 0. The Morgan fingerprint density at radius 1 is 1.35 bits per heavy atom. The predicted molar refractivity (Wildman–Crippen MR) is 86.0 cm³/mol. The number of carbonyl (C=O) groups excluding carboxylic acids is 2. The monoisotopic (exact) mass is 319 g/mol. The van der Waals surface area contributed by atoms with E-state index >= 15 is 0 Å². The molecule has 2 aliphatic rings. The number of hydrogen-bond acceptors (Lipinski definition) is 4. The zero-order valence-electron chi connectivity index (χ0n) is 13.8. The molecule has 1 aliphatic heterocycles. The maximum absolute atomic E-state index is 12.9. The minimum absolute atomic E-state index is 0.0107. The van der Waals surface area contributed by atoms with Gasteiger partial charge in [-0.3, -0.25) is 14.7 Å². The van der Waals surface area contributed by atoms with Crippen molar-refractivity contribution >= 4 is 11.8 Å². The van der Waals surface area contributed by atoms with Crippen molar-refractivity contribution in [3.8, 4) is 0 Å². The molecule has 0 aromatic carbocycles. The van der Waals surface area contributed by atoms with Crippen LogP contribution in [0.2, 0.25) is 0 Å². The van der Waals surface area contributed by atoms with E-state index in [1.807, 2.05) is 13.8 Å². The highest BCUT2D eigenvalue weighted by molar-refractivity contribution is 5.98. The highest BCUT2D eigenvalue weighted by atomic mass is 16.2. The molecule has 0 spiro atoms. The molecule has 1 aromatic rings. The fourth-order valence-electron chi connectivity index (χ4n) is 3.71. The van der Waals surface area contributed by atoms with Gasteiger partial charge in [-0.15, -0.1) is 0 Å². The van der Waals surface area contributed by atoms with Crippen molar-refractivity contribution in [3.05, 3.63) is 17.0 Å². The lowest BCUT2D eigenvalue weighted by Gasteiger charge is -2.28. The SMILES string of the molecule is CCN(CC)C(=O)[C@@H]1C[C@@H](N)CN1C(=O)c1n[nH]c2c1CCC2. The van der Waals surface area contributed by atoms with Crippen LogP contribution in [0.25, 0.3) is 0 Å².